The van der Waals surface area contributed by atoms with Crippen LogP contribution in [-0.2, 0) is 19.1 Å². The summed E-state index contributed by atoms with van der Waals surface area (Å²) in [7, 11) is 0. The van der Waals surface area contributed by atoms with Crippen molar-refractivity contribution < 1.29 is 34.1 Å². The van der Waals surface area contributed by atoms with Crippen molar-refractivity contribution in [2.24, 2.45) is 33.6 Å². The minimum absolute atomic E-state index is 0.0183. The van der Waals surface area contributed by atoms with E-state index in [1.807, 2.05) is 13.0 Å². The van der Waals surface area contributed by atoms with E-state index in [2.05, 4.69) is 6.92 Å². The standard InChI is InChI=1S/C30H34N2O7/c1-15-32-30(24(36)14-38-27(37)20-11-17(31)5-7-22(20)34)25(39-15)12-21-19-6-4-16-10-18(33)8-9-28(16,2)26(19)23(35)13-29(21,30)3/h5,7-11,19,21,23,25-26,34-35H,4,6,12-14,31H2,1-3H3/t19-,21-,23-,25+,26+,28-,29-,30+/m0/s1. The van der Waals surface area contributed by atoms with Crippen LogP contribution in [0.4, 0.5) is 5.69 Å². The molecule has 5 aliphatic rings. The Morgan fingerprint density at radius 3 is 2.82 bits per heavy atom. The number of aromatic hydroxyl groups is 1. The molecule has 0 radical (unpaired) electrons. The van der Waals surface area contributed by atoms with Crippen LogP contribution in [0.25, 0.3) is 0 Å². The topological polar surface area (TPSA) is 149 Å². The van der Waals surface area contributed by atoms with E-state index in [1.165, 1.54) is 18.2 Å². The highest BCUT2D eigenvalue weighted by atomic mass is 16.5. The van der Waals surface area contributed by atoms with Crippen molar-refractivity contribution in [3.05, 3.63) is 47.6 Å². The number of hydrogen-bond acceptors (Lipinski definition) is 9. The smallest absolute Gasteiger partial charge is 0.342 e. The van der Waals surface area contributed by atoms with Gasteiger partial charge >= 0.3 is 5.97 Å². The van der Waals surface area contributed by atoms with Gasteiger partial charge in [0.25, 0.3) is 0 Å². The molecule has 0 aromatic heterocycles. The average molecular weight is 535 g/mol. The summed E-state index contributed by atoms with van der Waals surface area (Å²) < 4.78 is 11.5. The quantitative estimate of drug-likeness (QED) is 0.303. The second-order valence-electron chi connectivity index (χ2n) is 12.2. The Hall–Kier alpha value is -3.46. The first-order valence-corrected chi connectivity index (χ1v) is 13.5. The number of carbonyl (C=O) groups excluding carboxylic acids is 3. The van der Waals surface area contributed by atoms with Crippen molar-refractivity contribution in [2.45, 2.75) is 64.2 Å². The lowest BCUT2D eigenvalue weighted by Gasteiger charge is -2.59. The molecule has 0 spiro atoms. The number of phenols is 1. The molecule has 1 heterocycles. The van der Waals surface area contributed by atoms with E-state index >= 15 is 0 Å². The van der Waals surface area contributed by atoms with E-state index in [0.717, 1.165) is 18.4 Å². The van der Waals surface area contributed by atoms with E-state index in [4.69, 9.17) is 20.2 Å². The number of aliphatic hydroxyl groups excluding tert-OH is 1. The molecule has 0 saturated heterocycles. The molecule has 3 saturated carbocycles. The lowest BCUT2D eigenvalue weighted by molar-refractivity contribution is -0.146. The molecular weight excluding hydrogens is 500 g/mol. The number of carbonyl (C=O) groups is 3. The normalized spacial score (nSPS) is 39.9. The lowest BCUT2D eigenvalue weighted by atomic mass is 9.46. The fourth-order valence-corrected chi connectivity index (χ4v) is 8.72. The number of esters is 1. The molecule has 206 valence electrons. The summed E-state index contributed by atoms with van der Waals surface area (Å²) in [6.45, 7) is 5.28. The number of allylic oxidation sites excluding steroid dienone is 4. The van der Waals surface area contributed by atoms with Crippen molar-refractivity contribution >= 4 is 29.1 Å². The average Bonchev–Trinajstić information content (AvgIpc) is 3.34. The van der Waals surface area contributed by atoms with Crippen LogP contribution < -0.4 is 5.73 Å². The maximum atomic E-state index is 14.0. The van der Waals surface area contributed by atoms with Crippen molar-refractivity contribution in [2.75, 3.05) is 12.3 Å². The molecule has 8 atom stereocenters. The molecule has 39 heavy (non-hydrogen) atoms. The van der Waals surface area contributed by atoms with Crippen LogP contribution in [0, 0.1) is 28.6 Å². The van der Waals surface area contributed by atoms with Crippen LogP contribution in [0.1, 0.15) is 56.8 Å². The van der Waals surface area contributed by atoms with Gasteiger partial charge in [-0.3, -0.25) is 9.59 Å². The van der Waals surface area contributed by atoms with E-state index in [0.29, 0.717) is 18.7 Å². The molecule has 9 heteroatoms. The van der Waals surface area contributed by atoms with Gasteiger partial charge in [-0.2, -0.15) is 0 Å². The minimum Gasteiger partial charge on any atom is -0.507 e. The summed E-state index contributed by atoms with van der Waals surface area (Å²) in [6, 6.07) is 4.06. The molecule has 1 aromatic carbocycles. The Morgan fingerprint density at radius 2 is 2.05 bits per heavy atom. The highest BCUT2D eigenvalue weighted by Crippen LogP contribution is 2.69. The number of fused-ring (bicyclic) bond motifs is 7. The predicted molar refractivity (Wildman–Crippen MR) is 142 cm³/mol. The number of ketones is 2. The third kappa shape index (κ3) is 3.48. The highest BCUT2D eigenvalue weighted by molar-refractivity contribution is 6.01. The summed E-state index contributed by atoms with van der Waals surface area (Å²) in [5.74, 6) is -1.11. The second kappa shape index (κ2) is 8.52. The van der Waals surface area contributed by atoms with Gasteiger partial charge in [-0.15, -0.1) is 0 Å². The third-order valence-electron chi connectivity index (χ3n) is 10.3. The maximum Gasteiger partial charge on any atom is 0.342 e. The molecule has 0 bridgehead atoms. The van der Waals surface area contributed by atoms with E-state index in [9.17, 15) is 24.6 Å². The third-order valence-corrected chi connectivity index (χ3v) is 10.3. The first kappa shape index (κ1) is 25.8. The van der Waals surface area contributed by atoms with Gasteiger partial charge in [-0.25, -0.2) is 9.79 Å². The zero-order valence-corrected chi connectivity index (χ0v) is 22.3. The van der Waals surface area contributed by atoms with E-state index in [-0.39, 0.29) is 46.3 Å². The first-order chi connectivity index (χ1) is 18.4. The van der Waals surface area contributed by atoms with Crippen molar-refractivity contribution in [1.82, 2.24) is 0 Å². The molecule has 3 fully saturated rings. The van der Waals surface area contributed by atoms with Gasteiger partial charge in [0, 0.05) is 29.4 Å². The van der Waals surface area contributed by atoms with Gasteiger partial charge in [-0.1, -0.05) is 25.5 Å². The van der Waals surface area contributed by atoms with Gasteiger partial charge < -0.3 is 25.4 Å². The number of nitrogens with two attached hydrogens (primary N) is 1. The molecule has 0 amide bonds. The van der Waals surface area contributed by atoms with Crippen LogP contribution in [0.5, 0.6) is 5.75 Å². The number of Topliss-reactive ketones (excluding diaryl/α,β-unsaturated/α-hetero) is 1. The number of aliphatic imine (C=N–C) groups is 1. The number of nitrogens with zero attached hydrogens (tertiary/aromatic N) is 1. The summed E-state index contributed by atoms with van der Waals surface area (Å²) in [6.07, 6.45) is 6.49. The molecule has 4 N–H and O–H groups in total. The van der Waals surface area contributed by atoms with E-state index < -0.39 is 41.2 Å². The molecule has 6 rings (SSSR count). The van der Waals surface area contributed by atoms with Crippen LogP contribution in [0.3, 0.4) is 0 Å². The van der Waals surface area contributed by atoms with Gasteiger partial charge in [0.15, 0.2) is 23.8 Å². The number of anilines is 1. The number of benzene rings is 1. The van der Waals surface area contributed by atoms with Crippen molar-refractivity contribution in [1.29, 1.82) is 0 Å². The van der Waals surface area contributed by atoms with Gasteiger partial charge in [0.1, 0.15) is 17.4 Å². The molecule has 0 unspecified atom stereocenters. The number of ether oxygens (including phenoxy) is 2. The summed E-state index contributed by atoms with van der Waals surface area (Å²) in [5.41, 5.74) is 4.50. The zero-order chi connectivity index (χ0) is 27.9. The Balaban J connectivity index is 1.32. The van der Waals surface area contributed by atoms with Gasteiger partial charge in [0.2, 0.25) is 5.78 Å². The lowest BCUT2D eigenvalue weighted by Crippen LogP contribution is -2.62. The molecule has 1 aromatic rings. The summed E-state index contributed by atoms with van der Waals surface area (Å²) in [5, 5.41) is 21.8. The van der Waals surface area contributed by atoms with Crippen LogP contribution in [-0.4, -0.2) is 58.0 Å². The number of phenolic OH excluding ortho intramolecular Hbond substituents is 1. The van der Waals surface area contributed by atoms with Crippen LogP contribution in [0.15, 0.2) is 47.0 Å². The van der Waals surface area contributed by atoms with Crippen molar-refractivity contribution in [3.8, 4) is 5.75 Å². The van der Waals surface area contributed by atoms with Crippen LogP contribution >= 0.6 is 0 Å². The Kier molecular flexibility index (Phi) is 5.63. The molecule has 4 aliphatic carbocycles. The molecule has 1 aliphatic heterocycles. The fraction of sp³-hybridized carbons (Fsp3) is 0.533. The first-order valence-electron chi connectivity index (χ1n) is 13.5. The monoisotopic (exact) mass is 534 g/mol. The number of aliphatic hydroxyl groups is 1. The SMILES string of the molecule is CC1=N[C@]2(C(=O)COC(=O)c3cc(N)ccc3O)[C@@H](C[C@H]3[C@@H]4CCC5=CC(=O)C=C[C@]5(C)[C@H]4[C@@H](O)C[C@@]32C)O1. The molecule has 9 nitrogen and oxygen atoms in total. The highest BCUT2D eigenvalue weighted by Gasteiger charge is 2.74. The van der Waals surface area contributed by atoms with E-state index in [1.54, 1.807) is 19.1 Å². The Labute approximate surface area is 226 Å². The molecular formula is C30H34N2O7. The summed E-state index contributed by atoms with van der Waals surface area (Å²) in [4.78, 5) is 43.7. The second-order valence-corrected chi connectivity index (χ2v) is 12.2. The predicted octanol–water partition coefficient (Wildman–Crippen LogP) is 3.14. The Bertz CT molecular complexity index is 1380. The van der Waals surface area contributed by atoms with Crippen molar-refractivity contribution in [3.63, 3.8) is 0 Å². The zero-order valence-electron chi connectivity index (χ0n) is 22.3. The number of nitrogen functional groups attached to an aromatic ring is 1. The van der Waals surface area contributed by atoms with Gasteiger partial charge in [0.05, 0.1) is 6.10 Å². The Morgan fingerprint density at radius 1 is 1.28 bits per heavy atom. The largest absolute Gasteiger partial charge is 0.507 e. The summed E-state index contributed by atoms with van der Waals surface area (Å²) >= 11 is 0. The number of hydrogen-bond donors (Lipinski definition) is 3. The fourth-order valence-electron chi connectivity index (χ4n) is 8.72. The number of rotatable bonds is 4. The van der Waals surface area contributed by atoms with Gasteiger partial charge in [-0.05, 0) is 67.9 Å². The van der Waals surface area contributed by atoms with Crippen LogP contribution in [0.2, 0.25) is 0 Å². The maximum absolute atomic E-state index is 14.0. The minimum atomic E-state index is -1.30.